The fourth-order valence-electron chi connectivity index (χ4n) is 2.44. The molecule has 0 heterocycles. The van der Waals surface area contributed by atoms with Crippen LogP contribution in [0.15, 0.2) is 72.3 Å². The normalized spacial score (nSPS) is 11.1. The van der Waals surface area contributed by atoms with E-state index >= 15 is 0 Å². The van der Waals surface area contributed by atoms with Crippen molar-refractivity contribution >= 4 is 40.0 Å². The topological polar surface area (TPSA) is 52.9 Å². The third-order valence-corrected chi connectivity index (χ3v) is 3.80. The van der Waals surface area contributed by atoms with Crippen LogP contribution in [0.2, 0.25) is 5.02 Å². The number of fused-ring (bicyclic) bond motifs is 1. The molecule has 116 valence electrons. The molecule has 0 aliphatic rings. The van der Waals surface area contributed by atoms with Crippen LogP contribution in [-0.2, 0) is 4.79 Å². The molecule has 0 aromatic heterocycles. The Morgan fingerprint density at radius 2 is 1.79 bits per heavy atom. The summed E-state index contributed by atoms with van der Waals surface area (Å²) in [6, 6.07) is 22.3. The minimum absolute atomic E-state index is 0.0187. The van der Waals surface area contributed by atoms with Crippen LogP contribution in [0.25, 0.3) is 16.8 Å². The highest BCUT2D eigenvalue weighted by Gasteiger charge is 2.11. The fraction of sp³-hybridized carbons (Fsp3) is 0. The lowest BCUT2D eigenvalue weighted by atomic mass is 10.1. The van der Waals surface area contributed by atoms with Gasteiger partial charge in [-0.25, -0.2) is 0 Å². The zero-order chi connectivity index (χ0) is 16.9. The Hall–Kier alpha value is -3.09. The Balaban J connectivity index is 1.91. The van der Waals surface area contributed by atoms with Gasteiger partial charge in [0.1, 0.15) is 11.6 Å². The highest BCUT2D eigenvalue weighted by Crippen LogP contribution is 2.23. The van der Waals surface area contributed by atoms with Crippen molar-refractivity contribution in [1.29, 1.82) is 5.26 Å². The van der Waals surface area contributed by atoms with Crippen molar-refractivity contribution in [1.82, 2.24) is 0 Å². The first-order valence-corrected chi connectivity index (χ1v) is 7.71. The number of hydrogen-bond acceptors (Lipinski definition) is 2. The van der Waals surface area contributed by atoms with Crippen molar-refractivity contribution in [3.63, 3.8) is 0 Å². The maximum Gasteiger partial charge on any atom is 0.266 e. The van der Waals surface area contributed by atoms with E-state index in [0.717, 1.165) is 10.8 Å². The standard InChI is InChI=1S/C20H13ClN2O/c21-17-8-3-5-14(12-17)11-16(13-22)20(24)23-19-10-4-7-15-6-1-2-9-18(15)19/h1-12H,(H,23,24)/b16-11+. The van der Waals surface area contributed by atoms with E-state index in [1.807, 2.05) is 48.5 Å². The molecule has 0 aliphatic heterocycles. The van der Waals surface area contributed by atoms with Gasteiger partial charge in [0.05, 0.1) is 0 Å². The zero-order valence-corrected chi connectivity index (χ0v) is 13.4. The lowest BCUT2D eigenvalue weighted by Gasteiger charge is -2.08. The lowest BCUT2D eigenvalue weighted by Crippen LogP contribution is -2.13. The van der Waals surface area contributed by atoms with Gasteiger partial charge >= 0.3 is 0 Å². The van der Waals surface area contributed by atoms with Crippen LogP contribution in [0.5, 0.6) is 0 Å². The number of rotatable bonds is 3. The van der Waals surface area contributed by atoms with E-state index < -0.39 is 5.91 Å². The van der Waals surface area contributed by atoms with Crippen LogP contribution < -0.4 is 5.32 Å². The molecule has 1 N–H and O–H groups in total. The van der Waals surface area contributed by atoms with Gasteiger partial charge in [0.2, 0.25) is 0 Å². The molecule has 0 spiro atoms. The van der Waals surface area contributed by atoms with Gasteiger partial charge in [-0.2, -0.15) is 5.26 Å². The SMILES string of the molecule is N#C/C(=C\c1cccc(Cl)c1)C(=O)Nc1cccc2ccccc12. The van der Waals surface area contributed by atoms with E-state index in [-0.39, 0.29) is 5.57 Å². The molecular weight excluding hydrogens is 320 g/mol. The molecular formula is C20H13ClN2O. The Morgan fingerprint density at radius 3 is 2.58 bits per heavy atom. The summed E-state index contributed by atoms with van der Waals surface area (Å²) in [4.78, 5) is 12.4. The van der Waals surface area contributed by atoms with Crippen LogP contribution in [0.1, 0.15) is 5.56 Å². The van der Waals surface area contributed by atoms with Crippen molar-refractivity contribution in [3.8, 4) is 6.07 Å². The maximum atomic E-state index is 12.4. The number of carbonyl (C=O) groups excluding carboxylic acids is 1. The summed E-state index contributed by atoms with van der Waals surface area (Å²) in [6.07, 6.45) is 1.52. The van der Waals surface area contributed by atoms with Crippen molar-refractivity contribution < 1.29 is 4.79 Å². The molecule has 4 heteroatoms. The second-order valence-corrected chi connectivity index (χ2v) is 5.64. The van der Waals surface area contributed by atoms with Crippen LogP contribution in [0.4, 0.5) is 5.69 Å². The van der Waals surface area contributed by atoms with Gasteiger partial charge < -0.3 is 5.32 Å². The highest BCUT2D eigenvalue weighted by molar-refractivity contribution is 6.30. The molecule has 0 unspecified atom stereocenters. The van der Waals surface area contributed by atoms with Gasteiger partial charge in [-0.05, 0) is 35.2 Å². The molecule has 0 aliphatic carbocycles. The summed E-state index contributed by atoms with van der Waals surface area (Å²) in [7, 11) is 0. The summed E-state index contributed by atoms with van der Waals surface area (Å²) in [5.74, 6) is -0.450. The average molecular weight is 333 g/mol. The molecule has 3 nitrogen and oxygen atoms in total. The summed E-state index contributed by atoms with van der Waals surface area (Å²) in [5, 5.41) is 14.6. The second kappa shape index (κ2) is 6.99. The van der Waals surface area contributed by atoms with Crippen LogP contribution in [0, 0.1) is 11.3 Å². The molecule has 24 heavy (non-hydrogen) atoms. The number of halogens is 1. The van der Waals surface area contributed by atoms with Crippen molar-refractivity contribution in [3.05, 3.63) is 82.9 Å². The molecule has 3 aromatic rings. The number of amides is 1. The molecule has 0 fully saturated rings. The van der Waals surface area contributed by atoms with E-state index in [9.17, 15) is 10.1 Å². The number of carbonyl (C=O) groups is 1. The monoisotopic (exact) mass is 332 g/mol. The molecule has 3 rings (SSSR count). The summed E-state index contributed by atoms with van der Waals surface area (Å²) >= 11 is 5.93. The summed E-state index contributed by atoms with van der Waals surface area (Å²) < 4.78 is 0. The van der Waals surface area contributed by atoms with E-state index in [0.29, 0.717) is 16.3 Å². The number of nitrogens with one attached hydrogen (secondary N) is 1. The van der Waals surface area contributed by atoms with E-state index in [4.69, 9.17) is 11.6 Å². The first-order valence-electron chi connectivity index (χ1n) is 7.34. The van der Waals surface area contributed by atoms with Gasteiger partial charge in [-0.1, -0.05) is 60.1 Å². The zero-order valence-electron chi connectivity index (χ0n) is 12.7. The van der Waals surface area contributed by atoms with Gasteiger partial charge in [-0.3, -0.25) is 4.79 Å². The molecule has 1 amide bonds. The van der Waals surface area contributed by atoms with Crippen molar-refractivity contribution in [2.24, 2.45) is 0 Å². The van der Waals surface area contributed by atoms with Gasteiger partial charge in [0.15, 0.2) is 0 Å². The van der Waals surface area contributed by atoms with Crippen LogP contribution >= 0.6 is 11.6 Å². The average Bonchev–Trinajstić information content (AvgIpc) is 2.60. The summed E-state index contributed by atoms with van der Waals surface area (Å²) in [5.41, 5.74) is 1.39. The Labute approximate surface area is 144 Å². The maximum absolute atomic E-state index is 12.4. The third kappa shape index (κ3) is 3.45. The van der Waals surface area contributed by atoms with Gasteiger partial charge in [0, 0.05) is 16.1 Å². The lowest BCUT2D eigenvalue weighted by molar-refractivity contribution is -0.112. The number of nitrogens with zero attached hydrogens (tertiary/aromatic N) is 1. The first-order chi connectivity index (χ1) is 11.7. The number of anilines is 1. The Bertz CT molecular complexity index is 981. The minimum atomic E-state index is -0.450. The van der Waals surface area contributed by atoms with E-state index in [1.165, 1.54) is 6.08 Å². The third-order valence-electron chi connectivity index (χ3n) is 3.56. The predicted molar refractivity (Wildman–Crippen MR) is 97.6 cm³/mol. The quantitative estimate of drug-likeness (QED) is 0.539. The smallest absolute Gasteiger partial charge is 0.266 e. The molecule has 3 aromatic carbocycles. The molecule has 0 radical (unpaired) electrons. The predicted octanol–water partition coefficient (Wildman–Crippen LogP) is 5.04. The van der Waals surface area contributed by atoms with Crippen molar-refractivity contribution in [2.45, 2.75) is 0 Å². The van der Waals surface area contributed by atoms with Crippen LogP contribution in [-0.4, -0.2) is 5.91 Å². The highest BCUT2D eigenvalue weighted by atomic mass is 35.5. The molecule has 0 atom stereocenters. The molecule has 0 saturated carbocycles. The molecule has 0 saturated heterocycles. The van der Waals surface area contributed by atoms with E-state index in [2.05, 4.69) is 5.32 Å². The van der Waals surface area contributed by atoms with Crippen LogP contribution in [0.3, 0.4) is 0 Å². The number of benzene rings is 3. The fourth-order valence-corrected chi connectivity index (χ4v) is 2.63. The number of hydrogen-bond donors (Lipinski definition) is 1. The molecule has 0 bridgehead atoms. The second-order valence-electron chi connectivity index (χ2n) is 5.21. The van der Waals surface area contributed by atoms with E-state index in [1.54, 1.807) is 24.3 Å². The number of nitriles is 1. The van der Waals surface area contributed by atoms with Gasteiger partial charge in [-0.15, -0.1) is 0 Å². The first kappa shape index (κ1) is 15.8. The largest absolute Gasteiger partial charge is 0.321 e. The van der Waals surface area contributed by atoms with Gasteiger partial charge in [0.25, 0.3) is 5.91 Å². The minimum Gasteiger partial charge on any atom is -0.321 e. The van der Waals surface area contributed by atoms with Crippen molar-refractivity contribution in [2.75, 3.05) is 5.32 Å². The Morgan fingerprint density at radius 1 is 1.04 bits per heavy atom. The summed E-state index contributed by atoms with van der Waals surface area (Å²) in [6.45, 7) is 0. The Kier molecular flexibility index (Phi) is 4.60.